The van der Waals surface area contributed by atoms with Crippen molar-refractivity contribution in [2.75, 3.05) is 12.3 Å². The second-order valence-electron chi connectivity index (χ2n) is 10.5. The van der Waals surface area contributed by atoms with Crippen molar-refractivity contribution in [3.8, 4) is 5.69 Å². The predicted molar refractivity (Wildman–Crippen MR) is 122 cm³/mol. The monoisotopic (exact) mass is 470 g/mol. The van der Waals surface area contributed by atoms with Crippen LogP contribution in [0.2, 0.25) is 0 Å². The number of nitrogens with one attached hydrogen (secondary N) is 1. The van der Waals surface area contributed by atoms with Gasteiger partial charge in [-0.05, 0) is 48.3 Å². The topological polar surface area (TPSA) is 132 Å². The molecular weight excluding hydrogens is 444 g/mol. The number of fused-ring (bicyclic) bond motifs is 3. The standard InChI is InChI=1S/C23H26N4O5S/c1-22(2)9-14-10-23(3,11-22)12-26(14)33(31,32)15-6-4-5-13(7-15)27-17(28)8-16-18(19(27)24)21(30)25-20(16)29/h4-8,14H,9-12,24H2,1-3H3,(H,25,29,30). The number of carbonyl (C=O) groups is 2. The largest absolute Gasteiger partial charge is 0.384 e. The smallest absolute Gasteiger partial charge is 0.262 e. The molecule has 1 saturated heterocycles. The molecule has 10 heteroatoms. The summed E-state index contributed by atoms with van der Waals surface area (Å²) in [7, 11) is -3.82. The maximum absolute atomic E-state index is 13.7. The summed E-state index contributed by atoms with van der Waals surface area (Å²) in [6, 6.07) is 6.95. The average molecular weight is 471 g/mol. The Labute approximate surface area is 191 Å². The van der Waals surface area contributed by atoms with Gasteiger partial charge in [-0.2, -0.15) is 4.31 Å². The number of hydrogen-bond donors (Lipinski definition) is 2. The quantitative estimate of drug-likeness (QED) is 0.659. The van der Waals surface area contributed by atoms with E-state index in [2.05, 4.69) is 26.1 Å². The first-order chi connectivity index (χ1) is 15.3. The number of hydrogen-bond acceptors (Lipinski definition) is 6. The minimum atomic E-state index is -3.82. The normalized spacial score (nSPS) is 26.3. The molecule has 1 saturated carbocycles. The van der Waals surface area contributed by atoms with Gasteiger partial charge in [0.05, 0.1) is 21.7 Å². The molecule has 174 valence electrons. The third kappa shape index (κ3) is 3.31. The van der Waals surface area contributed by atoms with E-state index in [1.807, 2.05) is 0 Å². The Balaban J connectivity index is 1.58. The fraction of sp³-hybridized carbons (Fsp3) is 0.435. The molecule has 0 spiro atoms. The predicted octanol–water partition coefficient (Wildman–Crippen LogP) is 1.89. The lowest BCUT2D eigenvalue weighted by Crippen LogP contribution is -2.37. The molecule has 2 atom stereocenters. The van der Waals surface area contributed by atoms with E-state index in [4.69, 9.17) is 5.73 Å². The molecule has 33 heavy (non-hydrogen) atoms. The fourth-order valence-corrected chi connectivity index (χ4v) is 7.97. The van der Waals surface area contributed by atoms with Gasteiger partial charge in [0.25, 0.3) is 17.4 Å². The number of anilines is 1. The molecule has 2 aliphatic heterocycles. The molecule has 5 rings (SSSR count). The second-order valence-corrected chi connectivity index (χ2v) is 12.4. The first-order valence-corrected chi connectivity index (χ1v) is 12.3. The van der Waals surface area contributed by atoms with Crippen LogP contribution in [0.4, 0.5) is 5.82 Å². The number of amides is 2. The Kier molecular flexibility index (Phi) is 4.48. The van der Waals surface area contributed by atoms with Crippen molar-refractivity contribution in [1.82, 2.24) is 14.2 Å². The number of benzene rings is 1. The number of aromatic nitrogens is 1. The van der Waals surface area contributed by atoms with Crippen LogP contribution in [-0.2, 0) is 10.0 Å². The van der Waals surface area contributed by atoms with E-state index >= 15 is 0 Å². The number of carbonyl (C=O) groups excluding carboxylic acids is 2. The highest BCUT2D eigenvalue weighted by molar-refractivity contribution is 7.89. The Hall–Kier alpha value is -2.98. The lowest BCUT2D eigenvalue weighted by atomic mass is 9.65. The second kappa shape index (κ2) is 6.77. The van der Waals surface area contributed by atoms with Crippen LogP contribution in [0.3, 0.4) is 0 Å². The van der Waals surface area contributed by atoms with E-state index in [-0.39, 0.29) is 44.4 Å². The third-order valence-corrected chi connectivity index (χ3v) is 8.90. The van der Waals surface area contributed by atoms with Crippen molar-refractivity contribution in [1.29, 1.82) is 0 Å². The summed E-state index contributed by atoms with van der Waals surface area (Å²) in [6.07, 6.45) is 2.59. The first kappa shape index (κ1) is 21.8. The molecular formula is C23H26N4O5S. The van der Waals surface area contributed by atoms with Crippen LogP contribution in [0, 0.1) is 10.8 Å². The Morgan fingerprint density at radius 3 is 2.52 bits per heavy atom. The van der Waals surface area contributed by atoms with Gasteiger partial charge in [-0.3, -0.25) is 24.3 Å². The maximum atomic E-state index is 13.7. The average Bonchev–Trinajstić information content (AvgIpc) is 3.13. The van der Waals surface area contributed by atoms with Crippen molar-refractivity contribution >= 4 is 27.7 Å². The molecule has 2 fully saturated rings. The zero-order valence-electron chi connectivity index (χ0n) is 18.7. The summed E-state index contributed by atoms with van der Waals surface area (Å²) >= 11 is 0. The van der Waals surface area contributed by atoms with Crippen molar-refractivity contribution in [2.24, 2.45) is 10.8 Å². The van der Waals surface area contributed by atoms with E-state index in [9.17, 15) is 22.8 Å². The summed E-state index contributed by atoms with van der Waals surface area (Å²) in [5.74, 6) is -1.58. The number of nitrogens with zero attached hydrogens (tertiary/aromatic N) is 2. The zero-order valence-corrected chi connectivity index (χ0v) is 19.5. The van der Waals surface area contributed by atoms with Gasteiger partial charge in [-0.1, -0.05) is 26.8 Å². The van der Waals surface area contributed by atoms with Crippen LogP contribution >= 0.6 is 0 Å². The summed E-state index contributed by atoms with van der Waals surface area (Å²) < 4.78 is 30.0. The molecule has 0 radical (unpaired) electrons. The van der Waals surface area contributed by atoms with E-state index in [1.165, 1.54) is 12.1 Å². The lowest BCUT2D eigenvalue weighted by molar-refractivity contribution is 0.0879. The summed E-state index contributed by atoms with van der Waals surface area (Å²) in [6.45, 7) is 6.96. The number of imide groups is 1. The summed E-state index contributed by atoms with van der Waals surface area (Å²) in [5, 5.41) is 2.12. The van der Waals surface area contributed by atoms with Gasteiger partial charge in [0, 0.05) is 18.7 Å². The third-order valence-electron chi connectivity index (χ3n) is 7.00. The van der Waals surface area contributed by atoms with Crippen molar-refractivity contribution < 1.29 is 18.0 Å². The van der Waals surface area contributed by atoms with Gasteiger partial charge < -0.3 is 5.73 Å². The number of sulfonamides is 1. The highest BCUT2D eigenvalue weighted by Crippen LogP contribution is 2.53. The molecule has 9 nitrogen and oxygen atoms in total. The summed E-state index contributed by atoms with van der Waals surface area (Å²) in [5.41, 5.74) is 5.52. The van der Waals surface area contributed by atoms with Crippen molar-refractivity contribution in [3.63, 3.8) is 0 Å². The van der Waals surface area contributed by atoms with Crippen LogP contribution in [0.1, 0.15) is 60.7 Å². The van der Waals surface area contributed by atoms with Gasteiger partial charge in [-0.15, -0.1) is 0 Å². The van der Waals surface area contributed by atoms with Gasteiger partial charge in [0.1, 0.15) is 5.82 Å². The molecule has 1 aromatic carbocycles. The molecule has 3 N–H and O–H groups in total. The van der Waals surface area contributed by atoms with Gasteiger partial charge >= 0.3 is 0 Å². The molecule has 2 aromatic rings. The SMILES string of the molecule is CC1(C)CC2CC(C)(CN2S(=O)(=O)c2cccc(-n3c(N)c4c(cc3=O)C(=O)NC4=O)c2)C1. The number of nitrogens with two attached hydrogens (primary N) is 1. The van der Waals surface area contributed by atoms with Gasteiger partial charge in [0.2, 0.25) is 10.0 Å². The summed E-state index contributed by atoms with van der Waals surface area (Å²) in [4.78, 5) is 36.9. The van der Waals surface area contributed by atoms with Crippen LogP contribution in [0.15, 0.2) is 40.0 Å². The Bertz CT molecular complexity index is 1390. The zero-order chi connectivity index (χ0) is 23.9. The highest BCUT2D eigenvalue weighted by Gasteiger charge is 2.53. The Morgan fingerprint density at radius 1 is 1.06 bits per heavy atom. The number of nitrogen functional groups attached to an aromatic ring is 1. The van der Waals surface area contributed by atoms with Crippen LogP contribution < -0.4 is 16.6 Å². The van der Waals surface area contributed by atoms with E-state index in [0.717, 1.165) is 29.9 Å². The molecule has 3 heterocycles. The molecule has 1 aliphatic carbocycles. The number of rotatable bonds is 3. The van der Waals surface area contributed by atoms with Crippen LogP contribution in [0.25, 0.3) is 5.69 Å². The van der Waals surface area contributed by atoms with Gasteiger partial charge in [0.15, 0.2) is 0 Å². The van der Waals surface area contributed by atoms with E-state index < -0.39 is 27.4 Å². The minimum Gasteiger partial charge on any atom is -0.384 e. The van der Waals surface area contributed by atoms with Crippen molar-refractivity contribution in [2.45, 2.75) is 51.0 Å². The molecule has 3 aliphatic rings. The van der Waals surface area contributed by atoms with Crippen LogP contribution in [0.5, 0.6) is 0 Å². The van der Waals surface area contributed by atoms with Crippen molar-refractivity contribution in [3.05, 3.63) is 51.8 Å². The fourth-order valence-electron chi connectivity index (χ4n) is 6.15. The van der Waals surface area contributed by atoms with Crippen LogP contribution in [-0.4, -0.2) is 41.7 Å². The van der Waals surface area contributed by atoms with Gasteiger partial charge in [-0.25, -0.2) is 8.42 Å². The molecule has 2 amide bonds. The maximum Gasteiger partial charge on any atom is 0.262 e. The molecule has 2 unspecified atom stereocenters. The number of pyridine rings is 1. The molecule has 2 bridgehead atoms. The lowest BCUT2D eigenvalue weighted by Gasteiger charge is -2.39. The minimum absolute atomic E-state index is 0.0567. The van der Waals surface area contributed by atoms with E-state index in [1.54, 1.807) is 16.4 Å². The van der Waals surface area contributed by atoms with E-state index in [0.29, 0.717) is 6.54 Å². The Morgan fingerprint density at radius 2 is 1.79 bits per heavy atom. The first-order valence-electron chi connectivity index (χ1n) is 10.8. The molecule has 1 aromatic heterocycles. The highest BCUT2D eigenvalue weighted by atomic mass is 32.2.